The lowest BCUT2D eigenvalue weighted by atomic mass is 10.2. The molecule has 0 amide bonds. The maximum atomic E-state index is 9.22. The maximum absolute atomic E-state index is 9.22. The first-order chi connectivity index (χ1) is 6.72. The highest BCUT2D eigenvalue weighted by atomic mass is 16.6. The van der Waals surface area contributed by atoms with E-state index in [-0.39, 0.29) is 12.1 Å². The molecule has 0 aromatic carbocycles. The Bertz CT molecular complexity index is 265. The third-order valence-electron chi connectivity index (χ3n) is 1.98. The minimum Gasteiger partial charge on any atom is -0.393 e. The largest absolute Gasteiger partial charge is 0.393 e. The molecular weight excluding hydrogens is 180 g/mol. The number of nitrogens with one attached hydrogen (secondary N) is 1. The summed E-state index contributed by atoms with van der Waals surface area (Å²) in [6.45, 7) is 4.69. The van der Waals surface area contributed by atoms with Crippen molar-refractivity contribution in [3.8, 4) is 11.8 Å². The van der Waals surface area contributed by atoms with Gasteiger partial charge in [-0.1, -0.05) is 11.1 Å². The summed E-state index contributed by atoms with van der Waals surface area (Å²) >= 11 is 0. The van der Waals surface area contributed by atoms with E-state index in [1.807, 2.05) is 0 Å². The van der Waals surface area contributed by atoms with Crippen LogP contribution in [0, 0.1) is 11.8 Å². The number of aliphatic hydroxyl groups is 1. The average Bonchev–Trinajstić information content (AvgIpc) is 2.52. The molecule has 1 aliphatic rings. The summed E-state index contributed by atoms with van der Waals surface area (Å²) in [5.41, 5.74) is 0.672. The first-order valence-electron chi connectivity index (χ1n) is 4.73. The molecule has 0 spiro atoms. The normalized spacial score (nSPS) is 26.9. The van der Waals surface area contributed by atoms with Crippen LogP contribution in [0.15, 0.2) is 5.16 Å². The van der Waals surface area contributed by atoms with Gasteiger partial charge in [0.2, 0.25) is 0 Å². The molecule has 14 heavy (non-hydrogen) atoms. The maximum Gasteiger partial charge on any atom is 0.132 e. The molecule has 0 bridgehead atoms. The zero-order valence-corrected chi connectivity index (χ0v) is 8.58. The molecule has 2 N–H and O–H groups in total. The van der Waals surface area contributed by atoms with Crippen LogP contribution >= 0.6 is 0 Å². The lowest BCUT2D eigenvalue weighted by Crippen LogP contribution is -2.26. The molecule has 1 heterocycles. The second-order valence-electron chi connectivity index (χ2n) is 3.34. The van der Waals surface area contributed by atoms with E-state index in [0.29, 0.717) is 18.9 Å². The number of oxime groups is 1. The highest BCUT2D eigenvalue weighted by Crippen LogP contribution is 2.06. The van der Waals surface area contributed by atoms with Crippen molar-refractivity contribution in [2.24, 2.45) is 5.16 Å². The van der Waals surface area contributed by atoms with Crippen LogP contribution in [-0.4, -0.2) is 36.1 Å². The molecule has 78 valence electrons. The zero-order valence-electron chi connectivity index (χ0n) is 8.58. The van der Waals surface area contributed by atoms with Gasteiger partial charge in [-0.15, -0.1) is 0 Å². The molecule has 4 heteroatoms. The van der Waals surface area contributed by atoms with Gasteiger partial charge >= 0.3 is 0 Å². The van der Waals surface area contributed by atoms with Crippen molar-refractivity contribution in [3.05, 3.63) is 0 Å². The fourth-order valence-electron chi connectivity index (χ4n) is 1.35. The topological polar surface area (TPSA) is 53.9 Å². The zero-order chi connectivity index (χ0) is 10.4. The van der Waals surface area contributed by atoms with Gasteiger partial charge in [0.15, 0.2) is 0 Å². The summed E-state index contributed by atoms with van der Waals surface area (Å²) in [6, 6.07) is 0.205. The van der Waals surface area contributed by atoms with Gasteiger partial charge < -0.3 is 15.3 Å². The van der Waals surface area contributed by atoms with Crippen LogP contribution in [0.5, 0.6) is 0 Å². The molecule has 1 saturated heterocycles. The monoisotopic (exact) mass is 196 g/mol. The van der Waals surface area contributed by atoms with Gasteiger partial charge in [0.25, 0.3) is 0 Å². The standard InChI is InChI=1S/C10H16N2O2/c1-3-4-8(2)12-14-7-9-5-10(13)6-11-9/h9-11,13H,5-7H2,1-2H3/b12-8-/t9-,10-/m0/s1. The summed E-state index contributed by atoms with van der Waals surface area (Å²) in [5, 5.41) is 16.2. The molecular formula is C10H16N2O2. The third-order valence-corrected chi connectivity index (χ3v) is 1.98. The molecule has 4 nitrogen and oxygen atoms in total. The number of rotatable bonds is 3. The Kier molecular flexibility index (Phi) is 4.44. The Morgan fingerprint density at radius 3 is 3.07 bits per heavy atom. The van der Waals surface area contributed by atoms with E-state index in [1.54, 1.807) is 13.8 Å². The number of aliphatic hydroxyl groups excluding tert-OH is 1. The van der Waals surface area contributed by atoms with E-state index >= 15 is 0 Å². The summed E-state index contributed by atoms with van der Waals surface area (Å²) < 4.78 is 0. The predicted octanol–water partition coefficient (Wildman–Crippen LogP) is 0.125. The lowest BCUT2D eigenvalue weighted by molar-refractivity contribution is 0.119. The minimum absolute atomic E-state index is 0.205. The van der Waals surface area contributed by atoms with Crippen LogP contribution < -0.4 is 5.32 Å². The fraction of sp³-hybridized carbons (Fsp3) is 0.700. The van der Waals surface area contributed by atoms with Crippen LogP contribution in [0.25, 0.3) is 0 Å². The predicted molar refractivity (Wildman–Crippen MR) is 54.9 cm³/mol. The first kappa shape index (κ1) is 11.0. The van der Waals surface area contributed by atoms with Crippen LogP contribution in [0.3, 0.4) is 0 Å². The van der Waals surface area contributed by atoms with E-state index in [0.717, 1.165) is 6.42 Å². The van der Waals surface area contributed by atoms with Crippen molar-refractivity contribution in [1.82, 2.24) is 5.32 Å². The Balaban J connectivity index is 2.20. The average molecular weight is 196 g/mol. The second kappa shape index (κ2) is 5.63. The smallest absolute Gasteiger partial charge is 0.132 e. The Labute approximate surface area is 84.3 Å². The van der Waals surface area contributed by atoms with Gasteiger partial charge in [0.1, 0.15) is 12.3 Å². The van der Waals surface area contributed by atoms with E-state index in [9.17, 15) is 5.11 Å². The van der Waals surface area contributed by atoms with Gasteiger partial charge in [-0.2, -0.15) is 0 Å². The molecule has 0 saturated carbocycles. The number of nitrogens with zero attached hydrogens (tertiary/aromatic N) is 1. The SMILES string of the molecule is CC#C/C(C)=N\OC[C@@H]1C[C@H](O)CN1. The number of β-amino-alcohol motifs (C(OH)–C–C–N with tert-alkyl or cyclic N) is 1. The summed E-state index contributed by atoms with van der Waals surface area (Å²) in [7, 11) is 0. The third kappa shape index (κ3) is 3.77. The second-order valence-corrected chi connectivity index (χ2v) is 3.34. The Hall–Kier alpha value is -1.05. The summed E-state index contributed by atoms with van der Waals surface area (Å²) in [4.78, 5) is 5.09. The Morgan fingerprint density at radius 1 is 1.71 bits per heavy atom. The van der Waals surface area contributed by atoms with Crippen LogP contribution in [0.4, 0.5) is 0 Å². The minimum atomic E-state index is -0.246. The molecule has 1 rings (SSSR count). The van der Waals surface area contributed by atoms with Crippen LogP contribution in [0.1, 0.15) is 20.3 Å². The van der Waals surface area contributed by atoms with Crippen molar-refractivity contribution in [2.45, 2.75) is 32.4 Å². The van der Waals surface area contributed by atoms with Crippen LogP contribution in [0.2, 0.25) is 0 Å². The molecule has 0 radical (unpaired) electrons. The van der Waals surface area contributed by atoms with E-state index in [4.69, 9.17) is 4.84 Å². The Morgan fingerprint density at radius 2 is 2.50 bits per heavy atom. The lowest BCUT2D eigenvalue weighted by Gasteiger charge is -2.07. The van der Waals surface area contributed by atoms with Gasteiger partial charge in [-0.05, 0) is 26.2 Å². The van der Waals surface area contributed by atoms with Crippen molar-refractivity contribution >= 4 is 5.71 Å². The molecule has 0 aromatic heterocycles. The van der Waals surface area contributed by atoms with Crippen LogP contribution in [-0.2, 0) is 4.84 Å². The molecule has 0 aliphatic carbocycles. The number of hydrogen-bond donors (Lipinski definition) is 2. The van der Waals surface area contributed by atoms with E-state index < -0.39 is 0 Å². The van der Waals surface area contributed by atoms with E-state index in [2.05, 4.69) is 22.3 Å². The van der Waals surface area contributed by atoms with Crippen molar-refractivity contribution in [3.63, 3.8) is 0 Å². The first-order valence-corrected chi connectivity index (χ1v) is 4.73. The summed E-state index contributed by atoms with van der Waals surface area (Å²) in [6.07, 6.45) is 0.484. The molecule has 2 atom stereocenters. The van der Waals surface area contributed by atoms with Gasteiger partial charge in [-0.3, -0.25) is 0 Å². The van der Waals surface area contributed by atoms with Crippen molar-refractivity contribution < 1.29 is 9.94 Å². The molecule has 0 unspecified atom stereocenters. The highest BCUT2D eigenvalue weighted by Gasteiger charge is 2.22. The number of hydrogen-bond acceptors (Lipinski definition) is 4. The fourth-order valence-corrected chi connectivity index (χ4v) is 1.35. The highest BCUT2D eigenvalue weighted by molar-refractivity contribution is 5.97. The summed E-state index contributed by atoms with van der Waals surface area (Å²) in [5.74, 6) is 5.52. The van der Waals surface area contributed by atoms with Gasteiger partial charge in [-0.25, -0.2) is 0 Å². The van der Waals surface area contributed by atoms with Gasteiger partial charge in [0.05, 0.1) is 6.10 Å². The van der Waals surface area contributed by atoms with Crippen molar-refractivity contribution in [1.29, 1.82) is 0 Å². The molecule has 0 aromatic rings. The van der Waals surface area contributed by atoms with Crippen molar-refractivity contribution in [2.75, 3.05) is 13.2 Å². The quantitative estimate of drug-likeness (QED) is 0.383. The van der Waals surface area contributed by atoms with E-state index in [1.165, 1.54) is 0 Å². The van der Waals surface area contributed by atoms with Gasteiger partial charge in [0, 0.05) is 12.6 Å². The molecule has 1 aliphatic heterocycles. The molecule has 1 fully saturated rings.